The fraction of sp³-hybridized carbons (Fsp3) is 0.182. The molecule has 0 fully saturated rings. The van der Waals surface area contributed by atoms with Crippen molar-refractivity contribution in [3.05, 3.63) is 44.8 Å². The lowest BCUT2D eigenvalue weighted by Gasteiger charge is -2.10. The van der Waals surface area contributed by atoms with E-state index >= 15 is 0 Å². The number of rotatable bonds is 3. The topological polar surface area (TPSA) is 59.1 Å². The Morgan fingerprint density at radius 2 is 2.31 bits per heavy atom. The van der Waals surface area contributed by atoms with E-state index in [4.69, 9.17) is 5.73 Å². The highest BCUT2D eigenvalue weighted by Gasteiger charge is 2.14. The molecule has 0 amide bonds. The molecule has 0 saturated carbocycles. The molecular formula is C11H11BrN2OS. The molecule has 0 aliphatic heterocycles. The zero-order chi connectivity index (χ0) is 11.5. The Balaban J connectivity index is 2.17. The van der Waals surface area contributed by atoms with Crippen LogP contribution < -0.4 is 5.73 Å². The van der Waals surface area contributed by atoms with Gasteiger partial charge < -0.3 is 10.8 Å². The lowest BCUT2D eigenvalue weighted by Crippen LogP contribution is -2.03. The second-order valence-corrected chi connectivity index (χ2v) is 5.23. The average molecular weight is 299 g/mol. The van der Waals surface area contributed by atoms with Crippen molar-refractivity contribution in [3.8, 4) is 0 Å². The van der Waals surface area contributed by atoms with Crippen LogP contribution in [0.3, 0.4) is 0 Å². The number of pyridine rings is 1. The SMILES string of the molecule is Nc1ccncc1CC(O)c1sccc1Br. The average Bonchev–Trinajstić information content (AvgIpc) is 2.68. The molecule has 1 atom stereocenters. The van der Waals surface area contributed by atoms with E-state index in [9.17, 15) is 5.11 Å². The number of aromatic nitrogens is 1. The lowest BCUT2D eigenvalue weighted by atomic mass is 10.1. The maximum Gasteiger partial charge on any atom is 0.0934 e. The van der Waals surface area contributed by atoms with Crippen molar-refractivity contribution in [1.29, 1.82) is 0 Å². The summed E-state index contributed by atoms with van der Waals surface area (Å²) < 4.78 is 0.937. The first-order chi connectivity index (χ1) is 7.68. The maximum atomic E-state index is 10.1. The molecule has 0 radical (unpaired) electrons. The number of thiophene rings is 1. The van der Waals surface area contributed by atoms with Crippen LogP contribution in [-0.2, 0) is 6.42 Å². The number of hydrogen-bond acceptors (Lipinski definition) is 4. The quantitative estimate of drug-likeness (QED) is 0.916. The minimum Gasteiger partial charge on any atom is -0.398 e. The zero-order valence-corrected chi connectivity index (χ0v) is 10.8. The van der Waals surface area contributed by atoms with E-state index in [1.807, 2.05) is 11.4 Å². The van der Waals surface area contributed by atoms with Crippen LogP contribution in [0.2, 0.25) is 0 Å². The van der Waals surface area contributed by atoms with Gasteiger partial charge in [-0.1, -0.05) is 0 Å². The number of aliphatic hydroxyl groups is 1. The Morgan fingerprint density at radius 1 is 1.50 bits per heavy atom. The molecule has 2 aromatic heterocycles. The van der Waals surface area contributed by atoms with E-state index in [1.54, 1.807) is 18.5 Å². The largest absolute Gasteiger partial charge is 0.398 e. The second kappa shape index (κ2) is 4.95. The second-order valence-electron chi connectivity index (χ2n) is 3.43. The number of aliphatic hydroxyl groups excluding tert-OH is 1. The van der Waals surface area contributed by atoms with Gasteiger partial charge in [-0.05, 0) is 39.0 Å². The van der Waals surface area contributed by atoms with Gasteiger partial charge in [0.05, 0.1) is 6.10 Å². The van der Waals surface area contributed by atoms with Crippen LogP contribution >= 0.6 is 27.3 Å². The number of halogens is 1. The Morgan fingerprint density at radius 3 is 2.94 bits per heavy atom. The Hall–Kier alpha value is -0.910. The van der Waals surface area contributed by atoms with Gasteiger partial charge in [0.1, 0.15) is 0 Å². The van der Waals surface area contributed by atoms with Gasteiger partial charge in [0.2, 0.25) is 0 Å². The van der Waals surface area contributed by atoms with Gasteiger partial charge in [0.15, 0.2) is 0 Å². The zero-order valence-electron chi connectivity index (χ0n) is 8.43. The van der Waals surface area contributed by atoms with Gasteiger partial charge in [-0.2, -0.15) is 0 Å². The van der Waals surface area contributed by atoms with E-state index in [1.165, 1.54) is 11.3 Å². The van der Waals surface area contributed by atoms with E-state index in [0.717, 1.165) is 14.9 Å². The molecule has 1 unspecified atom stereocenters. The smallest absolute Gasteiger partial charge is 0.0934 e. The molecule has 2 aromatic rings. The van der Waals surface area contributed by atoms with Crippen molar-refractivity contribution < 1.29 is 5.11 Å². The van der Waals surface area contributed by atoms with Gasteiger partial charge in [-0.25, -0.2) is 0 Å². The first-order valence-corrected chi connectivity index (χ1v) is 6.45. The third kappa shape index (κ3) is 2.42. The monoisotopic (exact) mass is 298 g/mol. The molecule has 0 saturated heterocycles. The van der Waals surface area contributed by atoms with Gasteiger partial charge >= 0.3 is 0 Å². The highest BCUT2D eigenvalue weighted by Crippen LogP contribution is 2.31. The Kier molecular flexibility index (Phi) is 3.58. The summed E-state index contributed by atoms with van der Waals surface area (Å²) in [6.07, 6.45) is 3.28. The minimum atomic E-state index is -0.541. The summed E-state index contributed by atoms with van der Waals surface area (Å²) in [5.41, 5.74) is 7.34. The molecule has 3 nitrogen and oxygen atoms in total. The summed E-state index contributed by atoms with van der Waals surface area (Å²) in [5, 5.41) is 12.0. The highest BCUT2D eigenvalue weighted by atomic mass is 79.9. The predicted octanol–water partition coefficient (Wildman–Crippen LogP) is 2.76. The van der Waals surface area contributed by atoms with Crippen LogP contribution in [0.4, 0.5) is 5.69 Å². The van der Waals surface area contributed by atoms with E-state index in [2.05, 4.69) is 20.9 Å². The first-order valence-electron chi connectivity index (χ1n) is 4.78. The van der Waals surface area contributed by atoms with Gasteiger partial charge in [0.25, 0.3) is 0 Å². The van der Waals surface area contributed by atoms with Crippen LogP contribution in [0.15, 0.2) is 34.4 Å². The third-order valence-electron chi connectivity index (χ3n) is 2.30. The predicted molar refractivity (Wildman–Crippen MR) is 69.3 cm³/mol. The minimum absolute atomic E-state index is 0.485. The molecule has 2 rings (SSSR count). The van der Waals surface area contributed by atoms with E-state index in [-0.39, 0.29) is 0 Å². The molecular weight excluding hydrogens is 288 g/mol. The van der Waals surface area contributed by atoms with Crippen LogP contribution in [-0.4, -0.2) is 10.1 Å². The van der Waals surface area contributed by atoms with Gasteiger partial charge in [-0.3, -0.25) is 4.98 Å². The molecule has 2 heterocycles. The lowest BCUT2D eigenvalue weighted by molar-refractivity contribution is 0.181. The number of nitrogens with two attached hydrogens (primary N) is 1. The van der Waals surface area contributed by atoms with Crippen molar-refractivity contribution in [3.63, 3.8) is 0 Å². The summed E-state index contributed by atoms with van der Waals surface area (Å²) in [4.78, 5) is 4.92. The molecule has 5 heteroatoms. The fourth-order valence-electron chi connectivity index (χ4n) is 1.45. The van der Waals surface area contributed by atoms with Crippen molar-refractivity contribution in [1.82, 2.24) is 4.98 Å². The maximum absolute atomic E-state index is 10.1. The molecule has 0 aromatic carbocycles. The molecule has 16 heavy (non-hydrogen) atoms. The van der Waals surface area contributed by atoms with Crippen molar-refractivity contribution in [2.75, 3.05) is 5.73 Å². The molecule has 0 aliphatic carbocycles. The van der Waals surface area contributed by atoms with Crippen LogP contribution in [0.5, 0.6) is 0 Å². The first kappa shape index (κ1) is 11.6. The summed E-state index contributed by atoms with van der Waals surface area (Å²) in [7, 11) is 0. The molecule has 3 N–H and O–H groups in total. The Labute approximate surface area is 106 Å². The fourth-order valence-corrected chi connectivity index (χ4v) is 3.08. The van der Waals surface area contributed by atoms with E-state index in [0.29, 0.717) is 12.1 Å². The number of nitrogen functional groups attached to an aromatic ring is 1. The van der Waals surface area contributed by atoms with Gasteiger partial charge in [-0.15, -0.1) is 11.3 Å². The number of hydrogen-bond donors (Lipinski definition) is 2. The van der Waals surface area contributed by atoms with Gasteiger partial charge in [0, 0.05) is 33.9 Å². The highest BCUT2D eigenvalue weighted by molar-refractivity contribution is 9.10. The molecule has 0 aliphatic rings. The normalized spacial score (nSPS) is 12.6. The van der Waals surface area contributed by atoms with Crippen molar-refractivity contribution in [2.24, 2.45) is 0 Å². The number of nitrogens with zero attached hydrogens (tertiary/aromatic N) is 1. The van der Waals surface area contributed by atoms with E-state index < -0.39 is 6.10 Å². The summed E-state index contributed by atoms with van der Waals surface area (Å²) in [6, 6.07) is 3.67. The molecule has 84 valence electrons. The Bertz CT molecular complexity index is 486. The summed E-state index contributed by atoms with van der Waals surface area (Å²) in [6.45, 7) is 0. The van der Waals surface area contributed by atoms with Crippen molar-refractivity contribution >= 4 is 33.0 Å². The van der Waals surface area contributed by atoms with Crippen LogP contribution in [0.1, 0.15) is 16.5 Å². The van der Waals surface area contributed by atoms with Crippen LogP contribution in [0.25, 0.3) is 0 Å². The van der Waals surface area contributed by atoms with Crippen molar-refractivity contribution in [2.45, 2.75) is 12.5 Å². The summed E-state index contributed by atoms with van der Waals surface area (Å²) in [5.74, 6) is 0. The summed E-state index contributed by atoms with van der Waals surface area (Å²) >= 11 is 4.93. The molecule has 0 spiro atoms. The molecule has 0 bridgehead atoms. The van der Waals surface area contributed by atoms with Crippen LogP contribution in [0, 0.1) is 0 Å². The number of anilines is 1. The third-order valence-corrected chi connectivity index (χ3v) is 4.27. The standard InChI is InChI=1S/C11H11BrN2OS/c12-8-2-4-16-11(8)10(15)5-7-6-14-3-1-9(7)13/h1-4,6,10,15H,5H2,(H2,13,14).